The Morgan fingerprint density at radius 1 is 1.25 bits per heavy atom. The van der Waals surface area contributed by atoms with Crippen molar-refractivity contribution in [2.24, 2.45) is 0 Å². The number of fused-ring (bicyclic) bond motifs is 1. The maximum Gasteiger partial charge on any atom is 0.524 e. The standard InChI is InChI=1S/C14H18NO4P/c1-15(2)10-9-12-6-3-5-11-7-4-8-13(14(11)12)19-20(16,17)18/h3-8H,9-10H2,1-2H3,(H2,16,17,18)/i1D3,2D3. The van der Waals surface area contributed by atoms with Gasteiger partial charge in [-0.25, -0.2) is 4.57 Å². The second-order valence-electron chi connectivity index (χ2n) is 4.25. The van der Waals surface area contributed by atoms with Crippen LogP contribution in [-0.4, -0.2) is 35.2 Å². The van der Waals surface area contributed by atoms with E-state index in [4.69, 9.17) is 22.5 Å². The van der Waals surface area contributed by atoms with Gasteiger partial charge in [-0.1, -0.05) is 30.3 Å². The SMILES string of the molecule is [2H]C([2H])([2H])N(CCc1cccc2cccc(OP(=O)(O)O)c12)C([2H])([2H])[2H]. The zero-order chi connectivity index (χ0) is 19.8. The number of hydrogen-bond donors (Lipinski definition) is 2. The number of phosphoric acid groups is 1. The summed E-state index contributed by atoms with van der Waals surface area (Å²) in [5.74, 6) is -0.0549. The summed E-state index contributed by atoms with van der Waals surface area (Å²) in [5.41, 5.74) is 0.519. The summed E-state index contributed by atoms with van der Waals surface area (Å²) in [7, 11) is -4.79. The Morgan fingerprint density at radius 3 is 2.60 bits per heavy atom. The lowest BCUT2D eigenvalue weighted by Gasteiger charge is -2.15. The van der Waals surface area contributed by atoms with Crippen molar-refractivity contribution in [1.29, 1.82) is 0 Å². The molecule has 0 saturated heterocycles. The van der Waals surface area contributed by atoms with Crippen molar-refractivity contribution >= 4 is 18.6 Å². The van der Waals surface area contributed by atoms with E-state index in [0.717, 1.165) is 0 Å². The molecule has 0 amide bonds. The molecule has 0 spiro atoms. The molecule has 0 heterocycles. The molecule has 108 valence electrons. The average molecular weight is 301 g/mol. The van der Waals surface area contributed by atoms with E-state index in [0.29, 0.717) is 21.2 Å². The van der Waals surface area contributed by atoms with Crippen LogP contribution in [0.15, 0.2) is 36.4 Å². The van der Waals surface area contributed by atoms with Crippen molar-refractivity contribution in [3.05, 3.63) is 42.0 Å². The molecular weight excluding hydrogens is 277 g/mol. The van der Waals surface area contributed by atoms with Crippen LogP contribution in [0.3, 0.4) is 0 Å². The summed E-state index contributed by atoms with van der Waals surface area (Å²) in [6, 6.07) is 9.68. The molecule has 2 rings (SSSR count). The highest BCUT2D eigenvalue weighted by atomic mass is 31.2. The largest absolute Gasteiger partial charge is 0.524 e. The maximum atomic E-state index is 11.2. The van der Waals surface area contributed by atoms with Crippen LogP contribution in [0.5, 0.6) is 5.75 Å². The Hall–Kier alpha value is -1.39. The predicted octanol–water partition coefficient (Wildman–Crippen LogP) is 2.42. The van der Waals surface area contributed by atoms with Crippen LogP contribution < -0.4 is 4.52 Å². The molecule has 0 saturated carbocycles. The average Bonchev–Trinajstić information content (AvgIpc) is 2.43. The van der Waals surface area contributed by atoms with Gasteiger partial charge in [0.2, 0.25) is 0 Å². The third-order valence-corrected chi connectivity index (χ3v) is 3.21. The Kier molecular flexibility index (Phi) is 2.61. The van der Waals surface area contributed by atoms with Crippen LogP contribution in [0.2, 0.25) is 0 Å². The highest BCUT2D eigenvalue weighted by molar-refractivity contribution is 7.46. The topological polar surface area (TPSA) is 70.0 Å². The van der Waals surface area contributed by atoms with E-state index >= 15 is 0 Å². The minimum Gasteiger partial charge on any atom is -0.404 e. The molecule has 0 radical (unpaired) electrons. The number of rotatable bonds is 5. The molecule has 2 N–H and O–H groups in total. The van der Waals surface area contributed by atoms with Crippen LogP contribution in [0.4, 0.5) is 0 Å². The number of hydrogen-bond acceptors (Lipinski definition) is 3. The third-order valence-electron chi connectivity index (χ3n) is 2.77. The lowest BCUT2D eigenvalue weighted by molar-refractivity contribution is 0.284. The van der Waals surface area contributed by atoms with Gasteiger partial charge in [0.05, 0.1) is 0 Å². The monoisotopic (exact) mass is 301 g/mol. The van der Waals surface area contributed by atoms with Gasteiger partial charge in [-0.3, -0.25) is 9.79 Å². The van der Waals surface area contributed by atoms with Crippen molar-refractivity contribution in [2.45, 2.75) is 6.42 Å². The fourth-order valence-electron chi connectivity index (χ4n) is 2.03. The second-order valence-corrected chi connectivity index (χ2v) is 5.42. The van der Waals surface area contributed by atoms with Gasteiger partial charge in [-0.2, -0.15) is 0 Å². The third kappa shape index (κ3) is 3.81. The van der Waals surface area contributed by atoms with Gasteiger partial charge in [0.15, 0.2) is 0 Å². The fourth-order valence-corrected chi connectivity index (χ4v) is 2.44. The van der Waals surface area contributed by atoms with Crippen LogP contribution in [0.1, 0.15) is 13.8 Å². The summed E-state index contributed by atoms with van der Waals surface area (Å²) in [4.78, 5) is 18.6. The highest BCUT2D eigenvalue weighted by Crippen LogP contribution is 2.41. The molecule has 20 heavy (non-hydrogen) atoms. The molecule has 0 aliphatic heterocycles. The molecular formula is C14H18NO4P. The van der Waals surface area contributed by atoms with E-state index in [-0.39, 0.29) is 18.7 Å². The molecule has 6 heteroatoms. The first-order chi connectivity index (χ1) is 11.8. The molecule has 2 aromatic rings. The Labute approximate surface area is 126 Å². The molecule has 0 fully saturated rings. The quantitative estimate of drug-likeness (QED) is 0.830. The van der Waals surface area contributed by atoms with Crippen molar-refractivity contribution < 1.29 is 27.1 Å². The molecule has 0 unspecified atom stereocenters. The van der Waals surface area contributed by atoms with Gasteiger partial charge in [0, 0.05) is 20.2 Å². The summed E-state index contributed by atoms with van der Waals surface area (Å²) in [6.45, 7) is -5.90. The lowest BCUT2D eigenvalue weighted by atomic mass is 10.0. The van der Waals surface area contributed by atoms with E-state index in [1.807, 2.05) is 0 Å². The summed E-state index contributed by atoms with van der Waals surface area (Å²) < 4.78 is 60.4. The van der Waals surface area contributed by atoms with E-state index < -0.39 is 21.8 Å². The van der Waals surface area contributed by atoms with Gasteiger partial charge in [0.1, 0.15) is 5.75 Å². The van der Waals surface area contributed by atoms with Crippen molar-refractivity contribution in [3.63, 3.8) is 0 Å². The molecule has 0 aliphatic carbocycles. The molecule has 0 atom stereocenters. The van der Waals surface area contributed by atoms with Gasteiger partial charge in [0.25, 0.3) is 0 Å². The Bertz CT molecular complexity index is 813. The van der Waals surface area contributed by atoms with Crippen molar-refractivity contribution in [3.8, 4) is 5.75 Å². The summed E-state index contributed by atoms with van der Waals surface area (Å²) >= 11 is 0. The Balaban J connectivity index is 2.42. The van der Waals surface area contributed by atoms with E-state index in [9.17, 15) is 4.57 Å². The second kappa shape index (κ2) is 5.94. The van der Waals surface area contributed by atoms with Crippen LogP contribution in [0.25, 0.3) is 10.8 Å². The van der Waals surface area contributed by atoms with Crippen LogP contribution >= 0.6 is 7.82 Å². The highest BCUT2D eigenvalue weighted by Gasteiger charge is 2.18. The van der Waals surface area contributed by atoms with Gasteiger partial charge in [-0.05, 0) is 37.4 Å². The van der Waals surface area contributed by atoms with E-state index in [1.165, 1.54) is 6.07 Å². The summed E-state index contributed by atoms with van der Waals surface area (Å²) in [5, 5.41) is 1.03. The predicted molar refractivity (Wildman–Crippen MR) is 78.9 cm³/mol. The number of likely N-dealkylation sites (N-methyl/N-ethyl adjacent to an activating group) is 1. The number of benzene rings is 2. The van der Waals surface area contributed by atoms with E-state index in [1.54, 1.807) is 30.3 Å². The van der Waals surface area contributed by atoms with Gasteiger partial charge >= 0.3 is 7.82 Å². The number of nitrogens with zero attached hydrogens (tertiary/aromatic N) is 1. The minimum absolute atomic E-state index is 0.0374. The number of phosphoric ester groups is 1. The molecule has 0 aromatic heterocycles. The smallest absolute Gasteiger partial charge is 0.404 e. The molecule has 5 nitrogen and oxygen atoms in total. The minimum atomic E-state index is -4.79. The maximum absolute atomic E-state index is 11.2. The van der Waals surface area contributed by atoms with Crippen molar-refractivity contribution in [2.75, 3.05) is 20.5 Å². The van der Waals surface area contributed by atoms with Crippen LogP contribution in [-0.2, 0) is 11.0 Å². The molecule has 0 aliphatic rings. The van der Waals surface area contributed by atoms with Crippen LogP contribution in [0, 0.1) is 0 Å². The first-order valence-corrected chi connectivity index (χ1v) is 7.35. The molecule has 2 aromatic carbocycles. The fraction of sp³-hybridized carbons (Fsp3) is 0.286. The summed E-state index contributed by atoms with van der Waals surface area (Å²) in [6.07, 6.45) is 0.0374. The lowest BCUT2D eigenvalue weighted by Crippen LogP contribution is -2.15. The van der Waals surface area contributed by atoms with Gasteiger partial charge < -0.3 is 9.42 Å². The van der Waals surface area contributed by atoms with E-state index in [2.05, 4.69) is 0 Å². The first kappa shape index (κ1) is 8.80. The zero-order valence-electron chi connectivity index (χ0n) is 16.5. The van der Waals surface area contributed by atoms with Gasteiger partial charge in [-0.15, -0.1) is 0 Å². The molecule has 0 bridgehead atoms. The van der Waals surface area contributed by atoms with Crippen molar-refractivity contribution in [1.82, 2.24) is 4.90 Å². The normalized spacial score (nSPS) is 17.8. The Morgan fingerprint density at radius 2 is 1.95 bits per heavy atom. The zero-order valence-corrected chi connectivity index (χ0v) is 11.4. The first-order valence-electron chi connectivity index (χ1n) is 8.82.